The second-order valence-corrected chi connectivity index (χ2v) is 9.06. The zero-order valence-corrected chi connectivity index (χ0v) is 19.9. The van der Waals surface area contributed by atoms with E-state index in [0.717, 1.165) is 10.5 Å². The first kappa shape index (κ1) is 26.5. The van der Waals surface area contributed by atoms with Gasteiger partial charge in [-0.3, -0.25) is 4.79 Å². The highest BCUT2D eigenvalue weighted by Gasteiger charge is 2.41. The number of pyridine rings is 1. The number of anilines is 1. The zero-order valence-electron chi connectivity index (χ0n) is 19.1. The number of carbonyl (C=O) groups excluding carboxylic acids is 1. The van der Waals surface area contributed by atoms with E-state index in [1.165, 1.54) is 33.2 Å². The SMILES string of the molecule is Cc1ccc(-c2cc(Cl)ncc2N(C)C(=O)C(C)(C)c2cc(C(F)(F)F)cc(C(F)(F)F)c2)cc1. The molecule has 0 unspecified atom stereocenters. The lowest BCUT2D eigenvalue weighted by atomic mass is 9.81. The maximum absolute atomic E-state index is 13.5. The number of aromatic nitrogens is 1. The average Bonchev–Trinajstić information content (AvgIpc) is 2.77. The molecule has 3 rings (SSSR count). The number of alkyl halides is 6. The van der Waals surface area contributed by atoms with Crippen molar-refractivity contribution in [2.45, 2.75) is 38.5 Å². The molecule has 0 N–H and O–H groups in total. The molecule has 0 spiro atoms. The minimum atomic E-state index is -5.03. The monoisotopic (exact) mass is 514 g/mol. The molecule has 10 heteroatoms. The molecule has 0 aliphatic carbocycles. The third-order valence-corrected chi connectivity index (χ3v) is 5.93. The van der Waals surface area contributed by atoms with Crippen LogP contribution in [0.3, 0.4) is 0 Å². The van der Waals surface area contributed by atoms with Crippen LogP contribution in [0.15, 0.2) is 54.7 Å². The van der Waals surface area contributed by atoms with Crippen molar-refractivity contribution in [2.75, 3.05) is 11.9 Å². The van der Waals surface area contributed by atoms with E-state index in [0.29, 0.717) is 28.9 Å². The van der Waals surface area contributed by atoms with Crippen LogP contribution in [0.1, 0.15) is 36.1 Å². The Morgan fingerprint density at radius 2 is 1.34 bits per heavy atom. The van der Waals surface area contributed by atoms with Crippen molar-refractivity contribution < 1.29 is 31.1 Å². The summed E-state index contributed by atoms with van der Waals surface area (Å²) >= 11 is 6.06. The number of hydrogen-bond donors (Lipinski definition) is 0. The predicted octanol–water partition coefficient (Wildman–Crippen LogP) is 7.69. The molecule has 35 heavy (non-hydrogen) atoms. The Bertz CT molecular complexity index is 1220. The van der Waals surface area contributed by atoms with Gasteiger partial charge in [0, 0.05) is 12.6 Å². The summed E-state index contributed by atoms with van der Waals surface area (Å²) in [5.74, 6) is -0.734. The number of aryl methyl sites for hydroxylation is 1. The maximum Gasteiger partial charge on any atom is 0.416 e. The van der Waals surface area contributed by atoms with Crippen molar-refractivity contribution in [3.05, 3.63) is 82.1 Å². The van der Waals surface area contributed by atoms with Crippen LogP contribution in [-0.4, -0.2) is 17.9 Å². The molecular formula is C25H21ClF6N2O. The fraction of sp³-hybridized carbons (Fsp3) is 0.280. The number of hydrogen-bond acceptors (Lipinski definition) is 2. The molecule has 3 nitrogen and oxygen atoms in total. The summed E-state index contributed by atoms with van der Waals surface area (Å²) in [6, 6.07) is 10.0. The van der Waals surface area contributed by atoms with Crippen LogP contribution in [-0.2, 0) is 22.6 Å². The van der Waals surface area contributed by atoms with Crippen molar-refractivity contribution in [1.29, 1.82) is 0 Å². The normalized spacial score (nSPS) is 12.5. The minimum Gasteiger partial charge on any atom is -0.313 e. The van der Waals surface area contributed by atoms with Gasteiger partial charge in [0.05, 0.1) is 28.4 Å². The fourth-order valence-corrected chi connectivity index (χ4v) is 3.78. The fourth-order valence-electron chi connectivity index (χ4n) is 3.62. The maximum atomic E-state index is 13.5. The first-order valence-electron chi connectivity index (χ1n) is 10.3. The van der Waals surface area contributed by atoms with Gasteiger partial charge in [-0.05, 0) is 56.2 Å². The van der Waals surface area contributed by atoms with E-state index in [2.05, 4.69) is 4.98 Å². The van der Waals surface area contributed by atoms with E-state index in [1.54, 1.807) is 12.1 Å². The number of rotatable bonds is 4. The Kier molecular flexibility index (Phi) is 6.96. The molecule has 2 aromatic carbocycles. The Morgan fingerprint density at radius 1 is 0.857 bits per heavy atom. The van der Waals surface area contributed by atoms with Crippen LogP contribution in [0.25, 0.3) is 11.1 Å². The summed E-state index contributed by atoms with van der Waals surface area (Å²) < 4.78 is 80.2. The molecular weight excluding hydrogens is 494 g/mol. The molecule has 0 aliphatic heterocycles. The predicted molar refractivity (Wildman–Crippen MR) is 122 cm³/mol. The molecule has 1 amide bonds. The van der Waals surface area contributed by atoms with Gasteiger partial charge in [0.2, 0.25) is 5.91 Å². The number of benzene rings is 2. The van der Waals surface area contributed by atoms with Crippen molar-refractivity contribution in [3.8, 4) is 11.1 Å². The van der Waals surface area contributed by atoms with Gasteiger partial charge >= 0.3 is 12.4 Å². The number of likely N-dealkylation sites (N-methyl/N-ethyl adjacent to an activating group) is 1. The topological polar surface area (TPSA) is 33.2 Å². The number of nitrogens with zero attached hydrogens (tertiary/aromatic N) is 2. The third-order valence-electron chi connectivity index (χ3n) is 5.72. The van der Waals surface area contributed by atoms with Gasteiger partial charge in [-0.15, -0.1) is 0 Å². The quantitative estimate of drug-likeness (QED) is 0.264. The average molecular weight is 515 g/mol. The van der Waals surface area contributed by atoms with Crippen LogP contribution < -0.4 is 4.90 Å². The third kappa shape index (κ3) is 5.61. The number of halogens is 7. The smallest absolute Gasteiger partial charge is 0.313 e. The molecule has 0 radical (unpaired) electrons. The van der Waals surface area contributed by atoms with Crippen LogP contribution in [0.4, 0.5) is 32.0 Å². The second kappa shape index (κ2) is 9.18. The largest absolute Gasteiger partial charge is 0.416 e. The van der Waals surface area contributed by atoms with E-state index in [1.807, 2.05) is 19.1 Å². The van der Waals surface area contributed by atoms with Gasteiger partial charge in [-0.1, -0.05) is 41.4 Å². The summed E-state index contributed by atoms with van der Waals surface area (Å²) in [5, 5.41) is 0.150. The van der Waals surface area contributed by atoms with Gasteiger partial charge in [-0.25, -0.2) is 4.98 Å². The molecule has 1 aromatic heterocycles. The van der Waals surface area contributed by atoms with Gasteiger partial charge in [0.1, 0.15) is 5.15 Å². The van der Waals surface area contributed by atoms with Crippen molar-refractivity contribution in [3.63, 3.8) is 0 Å². The van der Waals surface area contributed by atoms with Crippen molar-refractivity contribution >= 4 is 23.2 Å². The summed E-state index contributed by atoms with van der Waals surface area (Å²) in [6.45, 7) is 4.44. The second-order valence-electron chi connectivity index (χ2n) is 8.67. The van der Waals surface area contributed by atoms with Gasteiger partial charge in [-0.2, -0.15) is 26.3 Å². The Balaban J connectivity index is 2.11. The van der Waals surface area contributed by atoms with Crippen molar-refractivity contribution in [2.24, 2.45) is 0 Å². The van der Waals surface area contributed by atoms with Crippen molar-refractivity contribution in [1.82, 2.24) is 4.98 Å². The molecule has 3 aromatic rings. The van der Waals surface area contributed by atoms with Crippen LogP contribution >= 0.6 is 11.6 Å². The van der Waals surface area contributed by atoms with E-state index in [4.69, 9.17) is 11.6 Å². The van der Waals surface area contributed by atoms with E-state index in [-0.39, 0.29) is 11.2 Å². The zero-order chi connectivity index (χ0) is 26.3. The lowest BCUT2D eigenvalue weighted by Crippen LogP contribution is -2.42. The summed E-state index contributed by atoms with van der Waals surface area (Å²) in [7, 11) is 1.38. The highest BCUT2D eigenvalue weighted by Crippen LogP contribution is 2.40. The molecule has 0 bridgehead atoms. The standard InChI is InChI=1S/C25H21ClF6N2O/c1-14-5-7-15(8-6-14)19-12-21(26)33-13-20(19)34(4)22(35)23(2,3)16-9-17(24(27,28)29)11-18(10-16)25(30,31)32/h5-13H,1-4H3. The first-order valence-corrected chi connectivity index (χ1v) is 10.7. The van der Waals surface area contributed by atoms with E-state index in [9.17, 15) is 31.1 Å². The molecule has 0 atom stereocenters. The van der Waals surface area contributed by atoms with Crippen LogP contribution in [0.5, 0.6) is 0 Å². The molecule has 1 heterocycles. The highest BCUT2D eigenvalue weighted by molar-refractivity contribution is 6.29. The first-order chi connectivity index (χ1) is 16.0. The van der Waals surface area contributed by atoms with Crippen LogP contribution in [0, 0.1) is 6.92 Å². The Hall–Kier alpha value is -3.07. The number of amides is 1. The Morgan fingerprint density at radius 3 is 1.83 bits per heavy atom. The van der Waals surface area contributed by atoms with Crippen LogP contribution in [0.2, 0.25) is 5.15 Å². The molecule has 0 saturated carbocycles. The minimum absolute atomic E-state index is 0.0341. The number of carbonyl (C=O) groups is 1. The molecule has 0 saturated heterocycles. The lowest BCUT2D eigenvalue weighted by molar-refractivity contribution is -0.143. The molecule has 0 fully saturated rings. The Labute approximate surface area is 203 Å². The molecule has 186 valence electrons. The van der Waals surface area contributed by atoms with E-state index < -0.39 is 40.4 Å². The molecule has 0 aliphatic rings. The lowest BCUT2D eigenvalue weighted by Gasteiger charge is -2.32. The summed E-state index contributed by atoms with van der Waals surface area (Å²) in [6.07, 6.45) is -8.72. The summed E-state index contributed by atoms with van der Waals surface area (Å²) in [5.41, 5.74) is -2.64. The van der Waals surface area contributed by atoms with Gasteiger partial charge in [0.15, 0.2) is 0 Å². The summed E-state index contributed by atoms with van der Waals surface area (Å²) in [4.78, 5) is 18.7. The van der Waals surface area contributed by atoms with E-state index >= 15 is 0 Å². The van der Waals surface area contributed by atoms with Gasteiger partial charge in [0.25, 0.3) is 0 Å². The van der Waals surface area contributed by atoms with Gasteiger partial charge < -0.3 is 4.90 Å². The highest BCUT2D eigenvalue weighted by atomic mass is 35.5.